The maximum absolute atomic E-state index is 13.3. The number of anilines is 2. The lowest BCUT2D eigenvalue weighted by molar-refractivity contribution is 0.588. The molecule has 2 aromatic heterocycles. The van der Waals surface area contributed by atoms with Gasteiger partial charge in [-0.3, -0.25) is 4.98 Å². The standard InChI is InChI=1S/C21H17Cl3N4O2S.ClH/c1-25-10-13-12-28(31(29,30)15-3-2-6-26-11-15)21-7-14(4-5-16(13)21)27-20-9-18(23)17(22)8-19(20)24;/h2-9,11-12,25,27H,10H2,1H3;1H. The molecule has 0 aliphatic carbocycles. The van der Waals surface area contributed by atoms with Gasteiger partial charge in [-0.1, -0.05) is 40.9 Å². The Morgan fingerprint density at radius 2 is 1.78 bits per heavy atom. The SMILES string of the molecule is CNCc1cn(S(=O)(=O)c2cccnc2)c2cc(Nc3cc(Cl)c(Cl)cc3Cl)ccc12.Cl. The van der Waals surface area contributed by atoms with Crippen LogP contribution in [0.1, 0.15) is 5.56 Å². The lowest BCUT2D eigenvalue weighted by Crippen LogP contribution is -2.12. The Balaban J connectivity index is 0.00000289. The van der Waals surface area contributed by atoms with Gasteiger partial charge in [0.05, 0.1) is 26.3 Å². The lowest BCUT2D eigenvalue weighted by atomic mass is 10.1. The molecule has 0 spiro atoms. The third-order valence-corrected chi connectivity index (χ3v) is 7.39. The first-order valence-corrected chi connectivity index (χ1v) is 11.7. The highest BCUT2D eigenvalue weighted by atomic mass is 35.5. The minimum absolute atomic E-state index is 0. The Kier molecular flexibility index (Phi) is 7.60. The van der Waals surface area contributed by atoms with Gasteiger partial charge in [-0.15, -0.1) is 12.4 Å². The minimum atomic E-state index is -3.84. The monoisotopic (exact) mass is 530 g/mol. The van der Waals surface area contributed by atoms with Gasteiger partial charge in [0, 0.05) is 36.2 Å². The lowest BCUT2D eigenvalue weighted by Gasteiger charge is -2.12. The van der Waals surface area contributed by atoms with Gasteiger partial charge < -0.3 is 10.6 Å². The summed E-state index contributed by atoms with van der Waals surface area (Å²) >= 11 is 18.4. The van der Waals surface area contributed by atoms with Crippen LogP contribution in [0.25, 0.3) is 10.9 Å². The topological polar surface area (TPSA) is 76.0 Å². The van der Waals surface area contributed by atoms with Gasteiger partial charge in [-0.2, -0.15) is 0 Å². The van der Waals surface area contributed by atoms with E-state index in [2.05, 4.69) is 15.6 Å². The summed E-state index contributed by atoms with van der Waals surface area (Å²) in [5, 5.41) is 8.16. The number of nitrogens with one attached hydrogen (secondary N) is 2. The summed E-state index contributed by atoms with van der Waals surface area (Å²) in [6.07, 6.45) is 4.48. The molecular weight excluding hydrogens is 514 g/mol. The van der Waals surface area contributed by atoms with Crippen LogP contribution in [0.2, 0.25) is 15.1 Å². The van der Waals surface area contributed by atoms with Crippen molar-refractivity contribution in [2.75, 3.05) is 12.4 Å². The van der Waals surface area contributed by atoms with Crippen LogP contribution in [0.3, 0.4) is 0 Å². The van der Waals surface area contributed by atoms with Gasteiger partial charge >= 0.3 is 0 Å². The summed E-state index contributed by atoms with van der Waals surface area (Å²) in [7, 11) is -2.03. The van der Waals surface area contributed by atoms with E-state index >= 15 is 0 Å². The van der Waals surface area contributed by atoms with Crippen molar-refractivity contribution in [1.29, 1.82) is 0 Å². The number of halogens is 4. The smallest absolute Gasteiger partial charge is 0.269 e. The summed E-state index contributed by atoms with van der Waals surface area (Å²) in [4.78, 5) is 4.05. The molecule has 0 bridgehead atoms. The second kappa shape index (κ2) is 9.87. The molecular formula is C21H18Cl4N4O2S. The van der Waals surface area contributed by atoms with E-state index in [0.717, 1.165) is 10.9 Å². The molecule has 4 rings (SSSR count). The van der Waals surface area contributed by atoms with Gasteiger partial charge in [0.1, 0.15) is 4.90 Å². The number of fused-ring (bicyclic) bond motifs is 1. The average molecular weight is 532 g/mol. The van der Waals surface area contributed by atoms with Crippen molar-refractivity contribution >= 4 is 79.5 Å². The molecule has 0 atom stereocenters. The summed E-state index contributed by atoms with van der Waals surface area (Å²) in [6, 6.07) is 11.7. The van der Waals surface area contributed by atoms with E-state index in [0.29, 0.717) is 38.5 Å². The normalized spacial score (nSPS) is 11.4. The van der Waals surface area contributed by atoms with E-state index in [1.165, 1.54) is 22.4 Å². The largest absolute Gasteiger partial charge is 0.354 e. The van der Waals surface area contributed by atoms with E-state index in [1.807, 2.05) is 12.1 Å². The van der Waals surface area contributed by atoms with Crippen LogP contribution in [0.5, 0.6) is 0 Å². The highest BCUT2D eigenvalue weighted by Gasteiger charge is 2.21. The molecule has 6 nitrogen and oxygen atoms in total. The van der Waals surface area contributed by atoms with E-state index in [9.17, 15) is 8.42 Å². The molecule has 0 aliphatic rings. The Labute approximate surface area is 207 Å². The number of rotatable bonds is 6. The van der Waals surface area contributed by atoms with Gasteiger partial charge in [0.25, 0.3) is 10.0 Å². The zero-order chi connectivity index (χ0) is 22.2. The molecule has 11 heteroatoms. The van der Waals surface area contributed by atoms with E-state index in [4.69, 9.17) is 34.8 Å². The van der Waals surface area contributed by atoms with Crippen molar-refractivity contribution in [3.8, 4) is 0 Å². The Morgan fingerprint density at radius 1 is 1.03 bits per heavy atom. The van der Waals surface area contributed by atoms with Crippen molar-refractivity contribution in [3.05, 3.63) is 81.7 Å². The Bertz CT molecular complexity index is 1380. The molecule has 168 valence electrons. The van der Waals surface area contributed by atoms with Crippen LogP contribution in [0, 0.1) is 0 Å². The predicted octanol–water partition coefficient (Wildman–Crippen LogP) is 6.12. The first-order valence-electron chi connectivity index (χ1n) is 9.17. The van der Waals surface area contributed by atoms with Crippen molar-refractivity contribution in [2.24, 2.45) is 0 Å². The first-order chi connectivity index (χ1) is 14.8. The van der Waals surface area contributed by atoms with Gasteiger partial charge in [-0.25, -0.2) is 12.4 Å². The molecule has 0 saturated heterocycles. The maximum atomic E-state index is 13.3. The van der Waals surface area contributed by atoms with Crippen LogP contribution in [0.15, 0.2) is 66.0 Å². The number of hydrogen-bond acceptors (Lipinski definition) is 5. The van der Waals surface area contributed by atoms with Gasteiger partial charge in [0.2, 0.25) is 0 Å². The zero-order valence-corrected chi connectivity index (χ0v) is 20.5. The Hall–Kier alpha value is -2.00. The molecule has 4 aromatic rings. The second-order valence-corrected chi connectivity index (χ2v) is 9.81. The zero-order valence-electron chi connectivity index (χ0n) is 16.6. The molecule has 2 N–H and O–H groups in total. The fourth-order valence-corrected chi connectivity index (χ4v) is 5.20. The fraction of sp³-hybridized carbons (Fsp3) is 0.0952. The van der Waals surface area contributed by atoms with E-state index < -0.39 is 10.0 Å². The van der Waals surface area contributed by atoms with Gasteiger partial charge in [0.15, 0.2) is 0 Å². The third kappa shape index (κ3) is 4.69. The van der Waals surface area contributed by atoms with Crippen molar-refractivity contribution < 1.29 is 8.42 Å². The van der Waals surface area contributed by atoms with Crippen LogP contribution in [-0.2, 0) is 16.6 Å². The third-order valence-electron chi connectivity index (χ3n) is 4.70. The summed E-state index contributed by atoms with van der Waals surface area (Å²) in [6.45, 7) is 0.511. The van der Waals surface area contributed by atoms with Crippen LogP contribution >= 0.6 is 47.2 Å². The summed E-state index contributed by atoms with van der Waals surface area (Å²) in [5.74, 6) is 0. The maximum Gasteiger partial charge on any atom is 0.269 e. The number of benzene rings is 2. The molecule has 32 heavy (non-hydrogen) atoms. The number of nitrogens with zero attached hydrogens (tertiary/aromatic N) is 2. The average Bonchev–Trinajstić information content (AvgIpc) is 3.11. The second-order valence-electron chi connectivity index (χ2n) is 6.78. The van der Waals surface area contributed by atoms with E-state index in [1.54, 1.807) is 37.5 Å². The van der Waals surface area contributed by atoms with Crippen LogP contribution in [-0.4, -0.2) is 24.4 Å². The number of pyridine rings is 1. The summed E-state index contributed by atoms with van der Waals surface area (Å²) in [5.41, 5.74) is 2.57. The number of aromatic nitrogens is 2. The summed E-state index contributed by atoms with van der Waals surface area (Å²) < 4.78 is 27.9. The van der Waals surface area contributed by atoms with Crippen molar-refractivity contribution in [1.82, 2.24) is 14.3 Å². The highest BCUT2D eigenvalue weighted by Crippen LogP contribution is 2.35. The minimum Gasteiger partial charge on any atom is -0.354 e. The quantitative estimate of drug-likeness (QED) is 0.293. The van der Waals surface area contributed by atoms with Gasteiger partial charge in [-0.05, 0) is 49.0 Å². The Morgan fingerprint density at radius 3 is 2.47 bits per heavy atom. The molecule has 0 aliphatic heterocycles. The van der Waals surface area contributed by atoms with Crippen molar-refractivity contribution in [3.63, 3.8) is 0 Å². The molecule has 0 unspecified atom stereocenters. The molecule has 0 amide bonds. The molecule has 2 heterocycles. The number of hydrogen-bond donors (Lipinski definition) is 2. The predicted molar refractivity (Wildman–Crippen MR) is 134 cm³/mol. The first kappa shape index (κ1) is 24.6. The molecule has 0 fully saturated rings. The van der Waals surface area contributed by atoms with Crippen LogP contribution < -0.4 is 10.6 Å². The van der Waals surface area contributed by atoms with Crippen LogP contribution in [0.4, 0.5) is 11.4 Å². The molecule has 0 radical (unpaired) electrons. The molecule has 0 saturated carbocycles. The molecule has 2 aromatic carbocycles. The highest BCUT2D eigenvalue weighted by molar-refractivity contribution is 7.90. The van der Waals surface area contributed by atoms with E-state index in [-0.39, 0.29) is 17.3 Å². The fourth-order valence-electron chi connectivity index (χ4n) is 3.26. The van der Waals surface area contributed by atoms with Crippen molar-refractivity contribution in [2.45, 2.75) is 11.4 Å².